The van der Waals surface area contributed by atoms with Gasteiger partial charge in [-0.2, -0.15) is 5.10 Å². The van der Waals surface area contributed by atoms with Gasteiger partial charge in [-0.3, -0.25) is 9.48 Å². The maximum Gasteiger partial charge on any atom is 0.254 e. The van der Waals surface area contributed by atoms with E-state index in [1.165, 1.54) is 0 Å². The predicted octanol–water partition coefficient (Wildman–Crippen LogP) is 2.00. The third kappa shape index (κ3) is 3.45. The van der Waals surface area contributed by atoms with Gasteiger partial charge in [-0.15, -0.1) is 0 Å². The van der Waals surface area contributed by atoms with E-state index in [0.29, 0.717) is 18.7 Å². The van der Waals surface area contributed by atoms with Gasteiger partial charge in [0.15, 0.2) is 0 Å². The van der Waals surface area contributed by atoms with E-state index in [0.717, 1.165) is 30.5 Å². The van der Waals surface area contributed by atoms with E-state index >= 15 is 0 Å². The molecule has 0 unspecified atom stereocenters. The molecule has 1 aliphatic carbocycles. The standard InChI is InChI=1S/C18H23N3O2/c1-2-16-15(17(23)19-12-18(13-22)8-9-18)10-20-21(16)11-14-6-4-3-5-7-14/h3-7,10,22H,2,8-9,11-13H2,1H3,(H,19,23). The number of nitrogens with one attached hydrogen (secondary N) is 1. The highest BCUT2D eigenvalue weighted by Gasteiger charge is 2.42. The third-order valence-electron chi connectivity index (χ3n) is 4.62. The fourth-order valence-electron chi connectivity index (χ4n) is 2.80. The molecule has 1 heterocycles. The van der Waals surface area contributed by atoms with Crippen molar-refractivity contribution in [1.82, 2.24) is 15.1 Å². The molecule has 5 heteroatoms. The molecule has 3 rings (SSSR count). The van der Waals surface area contributed by atoms with Crippen LogP contribution in [0.3, 0.4) is 0 Å². The summed E-state index contributed by atoms with van der Waals surface area (Å²) in [6.45, 7) is 3.37. The Labute approximate surface area is 136 Å². The van der Waals surface area contributed by atoms with Gasteiger partial charge in [0.1, 0.15) is 0 Å². The normalized spacial score (nSPS) is 15.4. The molecule has 1 amide bonds. The lowest BCUT2D eigenvalue weighted by Gasteiger charge is -2.13. The Balaban J connectivity index is 1.71. The zero-order chi connectivity index (χ0) is 16.3. The predicted molar refractivity (Wildman–Crippen MR) is 88.2 cm³/mol. The molecule has 1 aromatic carbocycles. The summed E-state index contributed by atoms with van der Waals surface area (Å²) in [5, 5.41) is 16.7. The number of amides is 1. The molecular weight excluding hydrogens is 290 g/mol. The second-order valence-corrected chi connectivity index (χ2v) is 6.34. The van der Waals surface area contributed by atoms with E-state index in [1.54, 1.807) is 6.20 Å². The van der Waals surface area contributed by atoms with E-state index in [9.17, 15) is 9.90 Å². The van der Waals surface area contributed by atoms with Gasteiger partial charge in [0.05, 0.1) is 30.6 Å². The summed E-state index contributed by atoms with van der Waals surface area (Å²) in [5.41, 5.74) is 2.66. The van der Waals surface area contributed by atoms with Gasteiger partial charge < -0.3 is 10.4 Å². The van der Waals surface area contributed by atoms with Crippen LogP contribution in [0, 0.1) is 5.41 Å². The zero-order valence-electron chi connectivity index (χ0n) is 13.5. The van der Waals surface area contributed by atoms with Gasteiger partial charge in [-0.05, 0) is 24.8 Å². The molecule has 1 saturated carbocycles. The minimum atomic E-state index is -0.0964. The molecule has 2 N–H and O–H groups in total. The summed E-state index contributed by atoms with van der Waals surface area (Å²) < 4.78 is 1.89. The quantitative estimate of drug-likeness (QED) is 0.821. The van der Waals surface area contributed by atoms with E-state index in [1.807, 2.05) is 29.8 Å². The van der Waals surface area contributed by atoms with Crippen LogP contribution >= 0.6 is 0 Å². The number of aromatic nitrogens is 2. The Kier molecular flexibility index (Phi) is 4.48. The summed E-state index contributed by atoms with van der Waals surface area (Å²) in [5.74, 6) is -0.0964. The Morgan fingerprint density at radius 2 is 2.09 bits per heavy atom. The maximum absolute atomic E-state index is 12.4. The first-order valence-electron chi connectivity index (χ1n) is 8.15. The fourth-order valence-corrected chi connectivity index (χ4v) is 2.80. The van der Waals surface area contributed by atoms with Crippen LogP contribution in [0.5, 0.6) is 0 Å². The highest BCUT2D eigenvalue weighted by Crippen LogP contribution is 2.44. The Morgan fingerprint density at radius 3 is 2.70 bits per heavy atom. The molecule has 1 aliphatic rings. The van der Waals surface area contributed by atoms with Crippen LogP contribution in [0.15, 0.2) is 36.5 Å². The molecule has 0 atom stereocenters. The molecule has 0 spiro atoms. The summed E-state index contributed by atoms with van der Waals surface area (Å²) in [6.07, 6.45) is 4.37. The highest BCUT2D eigenvalue weighted by atomic mass is 16.3. The minimum absolute atomic E-state index is 0.0813. The van der Waals surface area contributed by atoms with Gasteiger partial charge in [0.2, 0.25) is 0 Å². The fraction of sp³-hybridized carbons (Fsp3) is 0.444. The van der Waals surface area contributed by atoms with Crippen molar-refractivity contribution >= 4 is 5.91 Å². The van der Waals surface area contributed by atoms with Crippen LogP contribution in [0.25, 0.3) is 0 Å². The summed E-state index contributed by atoms with van der Waals surface area (Å²) in [6, 6.07) is 10.1. The van der Waals surface area contributed by atoms with E-state index in [4.69, 9.17) is 0 Å². The number of rotatable bonds is 7. The van der Waals surface area contributed by atoms with Gasteiger partial charge >= 0.3 is 0 Å². The molecule has 23 heavy (non-hydrogen) atoms. The number of aliphatic hydroxyl groups excluding tert-OH is 1. The molecule has 0 bridgehead atoms. The van der Waals surface area contributed by atoms with Crippen LogP contribution < -0.4 is 5.32 Å². The molecule has 122 valence electrons. The number of carbonyl (C=O) groups excluding carboxylic acids is 1. The molecular formula is C18H23N3O2. The molecule has 0 aliphatic heterocycles. The van der Waals surface area contributed by atoms with Crippen molar-refractivity contribution in [1.29, 1.82) is 0 Å². The van der Waals surface area contributed by atoms with Crippen molar-refractivity contribution in [3.8, 4) is 0 Å². The summed E-state index contributed by atoms with van der Waals surface area (Å²) in [4.78, 5) is 12.4. The molecule has 0 saturated heterocycles. The first-order chi connectivity index (χ1) is 11.2. The lowest BCUT2D eigenvalue weighted by Crippen LogP contribution is -2.32. The smallest absolute Gasteiger partial charge is 0.254 e. The van der Waals surface area contributed by atoms with Crippen molar-refractivity contribution in [3.63, 3.8) is 0 Å². The second kappa shape index (κ2) is 6.54. The number of hydrogen-bond donors (Lipinski definition) is 2. The van der Waals surface area contributed by atoms with Crippen LogP contribution in [0.4, 0.5) is 0 Å². The lowest BCUT2D eigenvalue weighted by atomic mass is 10.1. The van der Waals surface area contributed by atoms with Crippen molar-refractivity contribution < 1.29 is 9.90 Å². The monoisotopic (exact) mass is 313 g/mol. The molecule has 2 aromatic rings. The van der Waals surface area contributed by atoms with Crippen LogP contribution in [0.2, 0.25) is 0 Å². The molecule has 1 aromatic heterocycles. The third-order valence-corrected chi connectivity index (χ3v) is 4.62. The highest BCUT2D eigenvalue weighted by molar-refractivity contribution is 5.95. The Morgan fingerprint density at radius 1 is 1.35 bits per heavy atom. The van der Waals surface area contributed by atoms with Gasteiger partial charge in [0.25, 0.3) is 5.91 Å². The van der Waals surface area contributed by atoms with E-state index < -0.39 is 0 Å². The van der Waals surface area contributed by atoms with Crippen molar-refractivity contribution in [2.45, 2.75) is 32.7 Å². The topological polar surface area (TPSA) is 67.2 Å². The first-order valence-corrected chi connectivity index (χ1v) is 8.15. The number of nitrogens with zero attached hydrogens (tertiary/aromatic N) is 2. The maximum atomic E-state index is 12.4. The zero-order valence-corrected chi connectivity index (χ0v) is 13.5. The van der Waals surface area contributed by atoms with E-state index in [2.05, 4.69) is 22.5 Å². The second-order valence-electron chi connectivity index (χ2n) is 6.34. The van der Waals surface area contributed by atoms with E-state index in [-0.39, 0.29) is 17.9 Å². The number of hydrogen-bond acceptors (Lipinski definition) is 3. The summed E-state index contributed by atoms with van der Waals surface area (Å²) in [7, 11) is 0. The Hall–Kier alpha value is -2.14. The molecule has 0 radical (unpaired) electrons. The van der Waals surface area contributed by atoms with Gasteiger partial charge in [0, 0.05) is 12.0 Å². The van der Waals surface area contributed by atoms with Crippen molar-refractivity contribution in [2.75, 3.05) is 13.2 Å². The molecule has 5 nitrogen and oxygen atoms in total. The van der Waals surface area contributed by atoms with Crippen LogP contribution in [-0.4, -0.2) is 33.9 Å². The molecule has 1 fully saturated rings. The van der Waals surface area contributed by atoms with Crippen molar-refractivity contribution in [3.05, 3.63) is 53.3 Å². The summed E-state index contributed by atoms with van der Waals surface area (Å²) >= 11 is 0. The van der Waals surface area contributed by atoms with Crippen molar-refractivity contribution in [2.24, 2.45) is 5.41 Å². The largest absolute Gasteiger partial charge is 0.396 e. The van der Waals surface area contributed by atoms with Gasteiger partial charge in [-0.25, -0.2) is 0 Å². The SMILES string of the molecule is CCc1c(C(=O)NCC2(CO)CC2)cnn1Cc1ccccc1. The Bertz CT molecular complexity index is 675. The lowest BCUT2D eigenvalue weighted by molar-refractivity contribution is 0.0934. The van der Waals surface area contributed by atoms with Crippen LogP contribution in [-0.2, 0) is 13.0 Å². The minimum Gasteiger partial charge on any atom is -0.396 e. The number of carbonyl (C=O) groups is 1. The number of aliphatic hydroxyl groups is 1. The average Bonchev–Trinajstić information content (AvgIpc) is 3.27. The first kappa shape index (κ1) is 15.7. The van der Waals surface area contributed by atoms with Crippen LogP contribution in [0.1, 0.15) is 41.4 Å². The average molecular weight is 313 g/mol. The number of benzene rings is 1. The van der Waals surface area contributed by atoms with Gasteiger partial charge in [-0.1, -0.05) is 37.3 Å².